The third kappa shape index (κ3) is 5.02. The van der Waals surface area contributed by atoms with Crippen LogP contribution in [0.4, 0.5) is 5.82 Å². The minimum Gasteiger partial charge on any atom is -0.478 e. The van der Waals surface area contributed by atoms with Crippen molar-refractivity contribution >= 4 is 23.4 Å². The van der Waals surface area contributed by atoms with Crippen LogP contribution in [-0.4, -0.2) is 33.5 Å². The fourth-order valence-corrected chi connectivity index (χ4v) is 3.65. The predicted octanol–water partition coefficient (Wildman–Crippen LogP) is 5.24. The van der Waals surface area contributed by atoms with Gasteiger partial charge in [-0.1, -0.05) is 35.9 Å². The average Bonchev–Trinajstić information content (AvgIpc) is 3.07. The summed E-state index contributed by atoms with van der Waals surface area (Å²) in [6.45, 7) is 7.65. The van der Waals surface area contributed by atoms with Gasteiger partial charge in [0.25, 0.3) is 0 Å². The van der Waals surface area contributed by atoms with Crippen LogP contribution in [0.1, 0.15) is 30.5 Å². The second-order valence-corrected chi connectivity index (χ2v) is 8.79. The molecule has 0 amide bonds. The van der Waals surface area contributed by atoms with Crippen LogP contribution in [0.25, 0.3) is 11.3 Å². The van der Waals surface area contributed by atoms with Crippen LogP contribution in [0, 0.1) is 13.8 Å². The Kier molecular flexibility index (Phi) is 6.32. The SMILES string of the molecule is Cc1cc(CN(C)c2cc(-c3ccc(Cl)cc3)nn2C)cc(C)c1OC(C)(C)C(=O)O. The van der Waals surface area contributed by atoms with Gasteiger partial charge in [-0.25, -0.2) is 4.79 Å². The molecule has 0 aliphatic rings. The molecule has 164 valence electrons. The van der Waals surface area contributed by atoms with E-state index in [2.05, 4.69) is 16.1 Å². The Balaban J connectivity index is 1.81. The number of hydrogen-bond donors (Lipinski definition) is 1. The van der Waals surface area contributed by atoms with E-state index in [1.165, 1.54) is 0 Å². The molecule has 1 aromatic heterocycles. The molecule has 6 nitrogen and oxygen atoms in total. The molecule has 3 rings (SSSR count). The number of anilines is 1. The van der Waals surface area contributed by atoms with Gasteiger partial charge in [-0.15, -0.1) is 0 Å². The molecule has 0 radical (unpaired) electrons. The lowest BCUT2D eigenvalue weighted by Crippen LogP contribution is -2.38. The van der Waals surface area contributed by atoms with E-state index in [9.17, 15) is 9.90 Å². The van der Waals surface area contributed by atoms with Crippen LogP contribution in [-0.2, 0) is 18.4 Å². The van der Waals surface area contributed by atoms with E-state index < -0.39 is 11.6 Å². The number of benzene rings is 2. The molecular weight excluding hydrogens is 414 g/mol. The Hall–Kier alpha value is -2.99. The summed E-state index contributed by atoms with van der Waals surface area (Å²) in [4.78, 5) is 13.6. The first-order valence-corrected chi connectivity index (χ1v) is 10.4. The number of carboxylic acids is 1. The highest BCUT2D eigenvalue weighted by molar-refractivity contribution is 6.30. The van der Waals surface area contributed by atoms with Crippen molar-refractivity contribution in [3.63, 3.8) is 0 Å². The first-order valence-electron chi connectivity index (χ1n) is 10.0. The minimum absolute atomic E-state index is 0.615. The number of aryl methyl sites for hydroxylation is 3. The third-order valence-corrected chi connectivity index (χ3v) is 5.45. The molecule has 0 aliphatic heterocycles. The second-order valence-electron chi connectivity index (χ2n) is 8.35. The van der Waals surface area contributed by atoms with E-state index in [0.29, 0.717) is 17.3 Å². The lowest BCUT2D eigenvalue weighted by Gasteiger charge is -2.25. The second kappa shape index (κ2) is 8.63. The van der Waals surface area contributed by atoms with E-state index in [0.717, 1.165) is 33.8 Å². The number of aromatic nitrogens is 2. The molecule has 0 aliphatic carbocycles. The number of hydrogen-bond acceptors (Lipinski definition) is 4. The van der Waals surface area contributed by atoms with Gasteiger partial charge in [0.1, 0.15) is 11.6 Å². The summed E-state index contributed by atoms with van der Waals surface area (Å²) in [6.07, 6.45) is 0. The zero-order valence-electron chi connectivity index (χ0n) is 18.7. The lowest BCUT2D eigenvalue weighted by atomic mass is 10.0. The monoisotopic (exact) mass is 441 g/mol. The number of ether oxygens (including phenoxy) is 1. The minimum atomic E-state index is -1.29. The normalized spacial score (nSPS) is 11.5. The maximum atomic E-state index is 11.4. The quantitative estimate of drug-likeness (QED) is 0.543. The highest BCUT2D eigenvalue weighted by Gasteiger charge is 2.30. The topological polar surface area (TPSA) is 67.6 Å². The molecule has 0 saturated heterocycles. The maximum Gasteiger partial charge on any atom is 0.347 e. The van der Waals surface area contributed by atoms with Crippen LogP contribution in [0.2, 0.25) is 5.02 Å². The first-order chi connectivity index (χ1) is 14.5. The maximum absolute atomic E-state index is 11.4. The third-order valence-electron chi connectivity index (χ3n) is 5.20. The summed E-state index contributed by atoms with van der Waals surface area (Å²) < 4.78 is 7.67. The molecule has 0 atom stereocenters. The number of carbonyl (C=O) groups is 1. The van der Waals surface area contributed by atoms with Gasteiger partial charge in [0.05, 0.1) is 5.69 Å². The van der Waals surface area contributed by atoms with E-state index in [1.54, 1.807) is 13.8 Å². The highest BCUT2D eigenvalue weighted by Crippen LogP contribution is 2.30. The van der Waals surface area contributed by atoms with Crippen molar-refractivity contribution in [3.8, 4) is 17.0 Å². The molecule has 31 heavy (non-hydrogen) atoms. The van der Waals surface area contributed by atoms with E-state index >= 15 is 0 Å². The van der Waals surface area contributed by atoms with Crippen molar-refractivity contribution in [1.29, 1.82) is 0 Å². The van der Waals surface area contributed by atoms with Crippen molar-refractivity contribution in [2.24, 2.45) is 7.05 Å². The number of nitrogens with zero attached hydrogens (tertiary/aromatic N) is 3. The van der Waals surface area contributed by atoms with Crippen LogP contribution < -0.4 is 9.64 Å². The van der Waals surface area contributed by atoms with Gasteiger partial charge < -0.3 is 14.7 Å². The van der Waals surface area contributed by atoms with Gasteiger partial charge in [0, 0.05) is 37.3 Å². The molecule has 7 heteroatoms. The Morgan fingerprint density at radius 2 is 1.74 bits per heavy atom. The Morgan fingerprint density at radius 3 is 2.29 bits per heavy atom. The van der Waals surface area contributed by atoms with Crippen LogP contribution >= 0.6 is 11.6 Å². The molecule has 0 bridgehead atoms. The van der Waals surface area contributed by atoms with Gasteiger partial charge >= 0.3 is 5.97 Å². The summed E-state index contributed by atoms with van der Waals surface area (Å²) in [6, 6.07) is 13.7. The number of rotatable bonds is 7. The average molecular weight is 442 g/mol. The summed E-state index contributed by atoms with van der Waals surface area (Å²) in [5.41, 5.74) is 3.52. The zero-order valence-corrected chi connectivity index (χ0v) is 19.5. The number of carboxylic acid groups (broad SMARTS) is 1. The Labute approximate surface area is 188 Å². The van der Waals surface area contributed by atoms with Crippen LogP contribution in [0.3, 0.4) is 0 Å². The van der Waals surface area contributed by atoms with Crippen molar-refractivity contribution in [2.45, 2.75) is 39.8 Å². The molecule has 0 saturated carbocycles. The first kappa shape index (κ1) is 22.7. The fraction of sp³-hybridized carbons (Fsp3) is 0.333. The van der Waals surface area contributed by atoms with E-state index in [-0.39, 0.29) is 0 Å². The molecule has 0 spiro atoms. The molecular formula is C24H28ClN3O3. The molecule has 2 aromatic carbocycles. The molecule has 0 unspecified atom stereocenters. The molecule has 0 fully saturated rings. The van der Waals surface area contributed by atoms with Crippen molar-refractivity contribution in [1.82, 2.24) is 9.78 Å². The standard InChI is InChI=1S/C24H28ClN3O3/c1-15-11-17(12-16(2)22(15)31-24(3,4)23(29)30)14-27(5)21-13-20(26-28(21)6)18-7-9-19(25)10-8-18/h7-13H,14H2,1-6H3,(H,29,30). The van der Waals surface area contributed by atoms with Gasteiger partial charge in [0.15, 0.2) is 5.60 Å². The zero-order chi connectivity index (χ0) is 22.9. The summed E-state index contributed by atoms with van der Waals surface area (Å²) in [7, 11) is 3.94. The lowest BCUT2D eigenvalue weighted by molar-refractivity contribution is -0.152. The van der Waals surface area contributed by atoms with Crippen molar-refractivity contribution in [3.05, 3.63) is 64.2 Å². The number of aliphatic carboxylic acids is 1. The van der Waals surface area contributed by atoms with Gasteiger partial charge in [0.2, 0.25) is 0 Å². The highest BCUT2D eigenvalue weighted by atomic mass is 35.5. The van der Waals surface area contributed by atoms with Gasteiger partial charge in [-0.05, 0) is 56.5 Å². The summed E-state index contributed by atoms with van der Waals surface area (Å²) in [5, 5.41) is 14.7. The molecule has 1 heterocycles. The van der Waals surface area contributed by atoms with Crippen LogP contribution in [0.15, 0.2) is 42.5 Å². The van der Waals surface area contributed by atoms with E-state index in [1.807, 2.05) is 69.0 Å². The van der Waals surface area contributed by atoms with Crippen molar-refractivity contribution in [2.75, 3.05) is 11.9 Å². The molecule has 1 N–H and O–H groups in total. The van der Waals surface area contributed by atoms with Crippen molar-refractivity contribution < 1.29 is 14.6 Å². The Bertz CT molecular complexity index is 1080. The summed E-state index contributed by atoms with van der Waals surface area (Å²) >= 11 is 5.99. The fourth-order valence-electron chi connectivity index (χ4n) is 3.52. The smallest absolute Gasteiger partial charge is 0.347 e. The van der Waals surface area contributed by atoms with E-state index in [4.69, 9.17) is 16.3 Å². The molecule has 3 aromatic rings. The van der Waals surface area contributed by atoms with Gasteiger partial charge in [-0.3, -0.25) is 4.68 Å². The Morgan fingerprint density at radius 1 is 1.16 bits per heavy atom. The number of halogens is 1. The van der Waals surface area contributed by atoms with Crippen LogP contribution in [0.5, 0.6) is 5.75 Å². The van der Waals surface area contributed by atoms with Gasteiger partial charge in [-0.2, -0.15) is 5.10 Å². The summed E-state index contributed by atoms with van der Waals surface area (Å²) in [5.74, 6) is 0.597. The predicted molar refractivity (Wildman–Crippen MR) is 124 cm³/mol. The largest absolute Gasteiger partial charge is 0.478 e.